The predicted molar refractivity (Wildman–Crippen MR) is 96.5 cm³/mol. The highest BCUT2D eigenvalue weighted by atomic mass is 16.3. The van der Waals surface area contributed by atoms with Crippen LogP contribution in [0.4, 0.5) is 0 Å². The van der Waals surface area contributed by atoms with Crippen molar-refractivity contribution >= 4 is 0 Å². The van der Waals surface area contributed by atoms with Crippen LogP contribution in [0.2, 0.25) is 0 Å². The van der Waals surface area contributed by atoms with Crippen LogP contribution in [-0.4, -0.2) is 16.6 Å². The van der Waals surface area contributed by atoms with Crippen LogP contribution in [0.3, 0.4) is 0 Å². The van der Waals surface area contributed by atoms with Crippen molar-refractivity contribution in [3.63, 3.8) is 0 Å². The number of aliphatic hydroxyl groups excluding tert-OH is 1. The Hall–Kier alpha value is -2.49. The van der Waals surface area contributed by atoms with Crippen LogP contribution in [0.15, 0.2) is 85.2 Å². The third-order valence-electron chi connectivity index (χ3n) is 4.13. The van der Waals surface area contributed by atoms with Gasteiger partial charge in [-0.2, -0.15) is 0 Å². The average molecular weight is 318 g/mol. The van der Waals surface area contributed by atoms with E-state index in [9.17, 15) is 5.11 Å². The highest BCUT2D eigenvalue weighted by Gasteiger charge is 2.14. The van der Waals surface area contributed by atoms with Crippen LogP contribution >= 0.6 is 0 Å². The number of nitrogens with one attached hydrogen (secondary N) is 1. The van der Waals surface area contributed by atoms with Crippen molar-refractivity contribution in [2.75, 3.05) is 6.54 Å². The first-order valence-electron chi connectivity index (χ1n) is 8.23. The van der Waals surface area contributed by atoms with Crippen LogP contribution < -0.4 is 5.32 Å². The zero-order valence-corrected chi connectivity index (χ0v) is 13.5. The van der Waals surface area contributed by atoms with Crippen molar-refractivity contribution in [1.82, 2.24) is 10.3 Å². The summed E-state index contributed by atoms with van der Waals surface area (Å²) >= 11 is 0. The molecule has 3 rings (SSSR count). The molecule has 0 saturated carbocycles. The van der Waals surface area contributed by atoms with Gasteiger partial charge in [-0.05, 0) is 35.2 Å². The fourth-order valence-corrected chi connectivity index (χ4v) is 2.80. The maximum absolute atomic E-state index is 10.4. The van der Waals surface area contributed by atoms with E-state index in [4.69, 9.17) is 0 Å². The van der Waals surface area contributed by atoms with Crippen molar-refractivity contribution in [3.8, 4) is 0 Å². The van der Waals surface area contributed by atoms with Crippen molar-refractivity contribution in [3.05, 3.63) is 102 Å². The van der Waals surface area contributed by atoms with Crippen molar-refractivity contribution in [2.45, 2.75) is 18.6 Å². The lowest BCUT2D eigenvalue weighted by Crippen LogP contribution is -2.28. The zero-order valence-electron chi connectivity index (χ0n) is 13.5. The number of rotatable bonds is 7. The first kappa shape index (κ1) is 16.4. The molecule has 122 valence electrons. The normalized spacial score (nSPS) is 13.4. The molecule has 0 fully saturated rings. The van der Waals surface area contributed by atoms with Crippen LogP contribution in [0.25, 0.3) is 0 Å². The first-order chi connectivity index (χ1) is 11.8. The van der Waals surface area contributed by atoms with Gasteiger partial charge in [-0.1, -0.05) is 60.7 Å². The number of pyridine rings is 1. The van der Waals surface area contributed by atoms with Gasteiger partial charge in [-0.15, -0.1) is 0 Å². The fourth-order valence-electron chi connectivity index (χ4n) is 2.80. The summed E-state index contributed by atoms with van der Waals surface area (Å²) in [5.41, 5.74) is 3.38. The SMILES string of the molecule is OC(CNC(Cc1ccccc1)c1ccccc1)c1ccncc1. The summed E-state index contributed by atoms with van der Waals surface area (Å²) in [6.07, 6.45) is 3.75. The largest absolute Gasteiger partial charge is 0.387 e. The number of benzene rings is 2. The van der Waals surface area contributed by atoms with E-state index in [-0.39, 0.29) is 6.04 Å². The smallest absolute Gasteiger partial charge is 0.0915 e. The molecule has 24 heavy (non-hydrogen) atoms. The molecule has 2 unspecified atom stereocenters. The van der Waals surface area contributed by atoms with Gasteiger partial charge in [0.2, 0.25) is 0 Å². The van der Waals surface area contributed by atoms with E-state index >= 15 is 0 Å². The summed E-state index contributed by atoms with van der Waals surface area (Å²) < 4.78 is 0. The highest BCUT2D eigenvalue weighted by Crippen LogP contribution is 2.20. The Labute approximate surface area is 143 Å². The molecule has 0 saturated heterocycles. The van der Waals surface area contributed by atoms with Crippen LogP contribution in [0.1, 0.15) is 28.8 Å². The van der Waals surface area contributed by atoms with Crippen molar-refractivity contribution in [2.24, 2.45) is 0 Å². The minimum atomic E-state index is -0.546. The van der Waals surface area contributed by atoms with E-state index in [1.165, 1.54) is 11.1 Å². The number of nitrogens with zero attached hydrogens (tertiary/aromatic N) is 1. The molecule has 0 aliphatic carbocycles. The Morgan fingerprint density at radius 1 is 0.792 bits per heavy atom. The summed E-state index contributed by atoms with van der Waals surface area (Å²) in [5, 5.41) is 13.9. The molecular formula is C21H22N2O. The van der Waals surface area contributed by atoms with E-state index in [1.807, 2.05) is 36.4 Å². The molecule has 3 heteroatoms. The van der Waals surface area contributed by atoms with Crippen LogP contribution in [0.5, 0.6) is 0 Å². The summed E-state index contributed by atoms with van der Waals surface area (Å²) in [6.45, 7) is 0.496. The zero-order chi connectivity index (χ0) is 16.6. The van der Waals surface area contributed by atoms with Crippen molar-refractivity contribution in [1.29, 1.82) is 0 Å². The van der Waals surface area contributed by atoms with Crippen LogP contribution in [-0.2, 0) is 6.42 Å². The highest BCUT2D eigenvalue weighted by molar-refractivity contribution is 5.24. The third-order valence-corrected chi connectivity index (χ3v) is 4.13. The summed E-state index contributed by atoms with van der Waals surface area (Å²) in [5.74, 6) is 0. The summed E-state index contributed by atoms with van der Waals surface area (Å²) in [7, 11) is 0. The van der Waals surface area contributed by atoms with Gasteiger partial charge in [-0.3, -0.25) is 4.98 Å². The molecule has 2 N–H and O–H groups in total. The lowest BCUT2D eigenvalue weighted by Gasteiger charge is -2.22. The van der Waals surface area contributed by atoms with Gasteiger partial charge in [-0.25, -0.2) is 0 Å². The Balaban J connectivity index is 1.70. The van der Waals surface area contributed by atoms with Crippen molar-refractivity contribution < 1.29 is 5.11 Å². The minimum Gasteiger partial charge on any atom is -0.387 e. The lowest BCUT2D eigenvalue weighted by atomic mass is 9.98. The molecule has 3 nitrogen and oxygen atoms in total. The number of aromatic nitrogens is 1. The third kappa shape index (κ3) is 4.51. The average Bonchev–Trinajstić information content (AvgIpc) is 2.67. The topological polar surface area (TPSA) is 45.1 Å². The molecule has 0 aliphatic heterocycles. The number of hydrogen-bond acceptors (Lipinski definition) is 3. The van der Waals surface area contributed by atoms with Gasteiger partial charge in [0, 0.05) is 25.0 Å². The first-order valence-corrected chi connectivity index (χ1v) is 8.23. The molecule has 0 radical (unpaired) electrons. The molecular weight excluding hydrogens is 296 g/mol. The van der Waals surface area contributed by atoms with E-state index < -0.39 is 6.10 Å². The lowest BCUT2D eigenvalue weighted by molar-refractivity contribution is 0.169. The Bertz CT molecular complexity index is 717. The van der Waals surface area contributed by atoms with E-state index in [2.05, 4.69) is 46.7 Å². The standard InChI is InChI=1S/C21H22N2O/c24-21(19-11-13-22-14-12-19)16-23-20(18-9-5-2-6-10-18)15-17-7-3-1-4-8-17/h1-14,20-21,23-24H,15-16H2. The maximum atomic E-state index is 10.4. The quantitative estimate of drug-likeness (QED) is 0.698. The molecule has 0 bridgehead atoms. The Kier molecular flexibility index (Phi) is 5.72. The van der Waals surface area contributed by atoms with Gasteiger partial charge in [0.25, 0.3) is 0 Å². The molecule has 0 aliphatic rings. The van der Waals surface area contributed by atoms with Gasteiger partial charge in [0.1, 0.15) is 0 Å². The van der Waals surface area contributed by atoms with E-state index in [0.29, 0.717) is 6.54 Å². The number of aliphatic hydroxyl groups is 1. The fraction of sp³-hybridized carbons (Fsp3) is 0.190. The molecule has 3 aromatic rings. The molecule has 1 aromatic heterocycles. The maximum Gasteiger partial charge on any atom is 0.0915 e. The monoisotopic (exact) mass is 318 g/mol. The summed E-state index contributed by atoms with van der Waals surface area (Å²) in [4.78, 5) is 3.99. The molecule has 1 heterocycles. The minimum absolute atomic E-state index is 0.157. The van der Waals surface area contributed by atoms with Gasteiger partial charge >= 0.3 is 0 Å². The van der Waals surface area contributed by atoms with Gasteiger partial charge < -0.3 is 10.4 Å². The van der Waals surface area contributed by atoms with E-state index in [0.717, 1.165) is 12.0 Å². The van der Waals surface area contributed by atoms with E-state index in [1.54, 1.807) is 12.4 Å². The summed E-state index contributed by atoms with van der Waals surface area (Å²) in [6, 6.07) is 24.6. The van der Waals surface area contributed by atoms with Gasteiger partial charge in [0.05, 0.1) is 6.10 Å². The molecule has 2 atom stereocenters. The van der Waals surface area contributed by atoms with Gasteiger partial charge in [0.15, 0.2) is 0 Å². The van der Waals surface area contributed by atoms with Crippen LogP contribution in [0, 0.1) is 0 Å². The second-order valence-electron chi connectivity index (χ2n) is 5.86. The predicted octanol–water partition coefficient (Wildman–Crippen LogP) is 3.69. The Morgan fingerprint density at radius 2 is 1.42 bits per heavy atom. The molecule has 2 aromatic carbocycles. The number of hydrogen-bond donors (Lipinski definition) is 2. The second kappa shape index (κ2) is 8.39. The second-order valence-corrected chi connectivity index (χ2v) is 5.86. The molecule has 0 amide bonds. The molecule has 0 spiro atoms. The Morgan fingerprint density at radius 3 is 2.08 bits per heavy atom.